The van der Waals surface area contributed by atoms with Crippen molar-refractivity contribution in [3.63, 3.8) is 0 Å². The maximum Gasteiger partial charge on any atom is 0.408 e. The summed E-state index contributed by atoms with van der Waals surface area (Å²) in [5, 5.41) is 5.81. The second kappa shape index (κ2) is 11.4. The molecule has 1 fully saturated rings. The molecule has 0 bridgehead atoms. The summed E-state index contributed by atoms with van der Waals surface area (Å²) < 4.78 is 5.38. The normalized spacial score (nSPS) is 15.2. The van der Waals surface area contributed by atoms with Gasteiger partial charge in [-0.2, -0.15) is 0 Å². The van der Waals surface area contributed by atoms with Gasteiger partial charge in [-0.15, -0.1) is 0 Å². The molecule has 200 valence electrons. The molecule has 2 unspecified atom stereocenters. The van der Waals surface area contributed by atoms with Crippen molar-refractivity contribution in [2.45, 2.75) is 98.4 Å². The first-order valence-electron chi connectivity index (χ1n) is 13.0. The Hall–Kier alpha value is -3.35. The van der Waals surface area contributed by atoms with E-state index < -0.39 is 23.8 Å². The van der Waals surface area contributed by atoms with Gasteiger partial charge in [0.25, 0.3) is 5.91 Å². The number of ether oxygens (including phenoxy) is 1. The molecule has 0 spiro atoms. The molecule has 3 amide bonds. The van der Waals surface area contributed by atoms with Crippen molar-refractivity contribution in [2.75, 3.05) is 5.32 Å². The highest BCUT2D eigenvalue weighted by atomic mass is 16.6. The van der Waals surface area contributed by atoms with Crippen LogP contribution in [0.25, 0.3) is 0 Å². The Morgan fingerprint density at radius 3 is 1.89 bits per heavy atom. The van der Waals surface area contributed by atoms with Crippen LogP contribution in [0, 0.1) is 27.7 Å². The molecule has 2 atom stereocenters. The van der Waals surface area contributed by atoms with E-state index in [2.05, 4.69) is 10.6 Å². The fraction of sp³-hybridized carbons (Fsp3) is 0.500. The Labute approximate surface area is 221 Å². The fourth-order valence-electron chi connectivity index (χ4n) is 4.81. The first kappa shape index (κ1) is 28.2. The highest BCUT2D eigenvalue weighted by molar-refractivity contribution is 6.00. The minimum Gasteiger partial charge on any atom is -0.444 e. The van der Waals surface area contributed by atoms with Gasteiger partial charge < -0.3 is 20.3 Å². The molecule has 7 nitrogen and oxygen atoms in total. The van der Waals surface area contributed by atoms with Crippen LogP contribution in [0.15, 0.2) is 36.4 Å². The number of carbonyl (C=O) groups excluding carboxylic acids is 3. The van der Waals surface area contributed by atoms with E-state index in [0.717, 1.165) is 52.8 Å². The van der Waals surface area contributed by atoms with Crippen LogP contribution in [0.5, 0.6) is 0 Å². The number of aryl methyl sites for hydroxylation is 4. The van der Waals surface area contributed by atoms with Gasteiger partial charge in [0.15, 0.2) is 0 Å². The van der Waals surface area contributed by atoms with Gasteiger partial charge in [-0.1, -0.05) is 36.4 Å². The molecule has 1 aliphatic carbocycles. The lowest BCUT2D eigenvalue weighted by atomic mass is 9.86. The van der Waals surface area contributed by atoms with E-state index in [1.165, 1.54) is 0 Å². The number of nitrogens with one attached hydrogen (secondary N) is 2. The van der Waals surface area contributed by atoms with E-state index in [9.17, 15) is 14.4 Å². The lowest BCUT2D eigenvalue weighted by Gasteiger charge is -2.44. The largest absolute Gasteiger partial charge is 0.444 e. The predicted molar refractivity (Wildman–Crippen MR) is 147 cm³/mol. The molecule has 0 saturated heterocycles. The molecule has 2 N–H and O–H groups in total. The zero-order chi connectivity index (χ0) is 27.5. The summed E-state index contributed by atoms with van der Waals surface area (Å²) in [6.45, 7) is 14.8. The van der Waals surface area contributed by atoms with Crippen molar-refractivity contribution in [1.82, 2.24) is 10.2 Å². The lowest BCUT2D eigenvalue weighted by Crippen LogP contribution is -2.56. The van der Waals surface area contributed by atoms with Gasteiger partial charge in [-0.25, -0.2) is 4.79 Å². The zero-order valence-electron chi connectivity index (χ0n) is 23.4. The average Bonchev–Trinajstić information content (AvgIpc) is 2.74. The second-order valence-electron chi connectivity index (χ2n) is 11.2. The standard InChI is InChI=1S/C30H41N3O4/c1-18-12-9-13-19(2)24(18)26(27(34)32-25-20(3)14-10-15-21(25)4)33(23-16-11-17-23)28(35)22(5)31-29(36)37-30(6,7)8/h9-10,12-15,22-23,26H,11,16-17H2,1-8H3,(H,31,36)(H,32,34). The summed E-state index contributed by atoms with van der Waals surface area (Å²) in [5.74, 6) is -0.570. The first-order chi connectivity index (χ1) is 17.3. The van der Waals surface area contributed by atoms with E-state index in [1.54, 1.807) is 32.6 Å². The molecule has 1 saturated carbocycles. The van der Waals surface area contributed by atoms with Gasteiger partial charge in [0.2, 0.25) is 5.91 Å². The Morgan fingerprint density at radius 2 is 1.43 bits per heavy atom. The molecule has 0 aliphatic heterocycles. The molecule has 37 heavy (non-hydrogen) atoms. The molecule has 1 aliphatic rings. The smallest absolute Gasteiger partial charge is 0.408 e. The quantitative estimate of drug-likeness (QED) is 0.489. The van der Waals surface area contributed by atoms with Crippen LogP contribution in [0.1, 0.15) is 80.8 Å². The molecular weight excluding hydrogens is 466 g/mol. The summed E-state index contributed by atoms with van der Waals surface area (Å²) in [6, 6.07) is 9.95. The zero-order valence-corrected chi connectivity index (χ0v) is 23.4. The summed E-state index contributed by atoms with van der Waals surface area (Å²) in [5.41, 5.74) is 4.66. The van der Waals surface area contributed by atoms with Crippen LogP contribution in [-0.2, 0) is 14.3 Å². The predicted octanol–water partition coefficient (Wildman–Crippen LogP) is 5.89. The number of hydrogen-bond acceptors (Lipinski definition) is 4. The highest BCUT2D eigenvalue weighted by Crippen LogP contribution is 2.37. The molecular formula is C30H41N3O4. The van der Waals surface area contributed by atoms with Crippen LogP contribution in [0.2, 0.25) is 0 Å². The number of benzene rings is 2. The topological polar surface area (TPSA) is 87.7 Å². The van der Waals surface area contributed by atoms with Crippen molar-refractivity contribution < 1.29 is 19.1 Å². The Morgan fingerprint density at radius 1 is 0.919 bits per heavy atom. The van der Waals surface area contributed by atoms with Crippen LogP contribution in [-0.4, -0.2) is 40.5 Å². The highest BCUT2D eigenvalue weighted by Gasteiger charge is 2.42. The summed E-state index contributed by atoms with van der Waals surface area (Å²) in [4.78, 5) is 42.3. The SMILES string of the molecule is Cc1cccc(C)c1NC(=O)C(c1c(C)cccc1C)N(C(=O)C(C)NC(=O)OC(C)(C)C)C1CCC1. The van der Waals surface area contributed by atoms with Crippen molar-refractivity contribution in [3.8, 4) is 0 Å². The number of para-hydroxylation sites is 1. The monoisotopic (exact) mass is 507 g/mol. The number of rotatable bonds is 7. The van der Waals surface area contributed by atoms with Gasteiger partial charge >= 0.3 is 6.09 Å². The van der Waals surface area contributed by atoms with Crippen molar-refractivity contribution in [3.05, 3.63) is 64.2 Å². The fourth-order valence-corrected chi connectivity index (χ4v) is 4.81. The summed E-state index contributed by atoms with van der Waals surface area (Å²) in [7, 11) is 0. The van der Waals surface area contributed by atoms with Gasteiger partial charge in [0.1, 0.15) is 17.7 Å². The lowest BCUT2D eigenvalue weighted by molar-refractivity contribution is -0.145. The number of alkyl carbamates (subject to hydrolysis) is 1. The number of amides is 3. The van der Waals surface area contributed by atoms with Crippen LogP contribution >= 0.6 is 0 Å². The van der Waals surface area contributed by atoms with Gasteiger partial charge in [-0.05, 0) is 102 Å². The molecule has 2 aromatic rings. The number of hydrogen-bond donors (Lipinski definition) is 2. The van der Waals surface area contributed by atoms with Crippen LogP contribution in [0.3, 0.4) is 0 Å². The van der Waals surface area contributed by atoms with Gasteiger partial charge in [-0.3, -0.25) is 9.59 Å². The Balaban J connectivity index is 2.04. The van der Waals surface area contributed by atoms with Crippen molar-refractivity contribution >= 4 is 23.6 Å². The third-order valence-electron chi connectivity index (χ3n) is 6.90. The van der Waals surface area contributed by atoms with Crippen molar-refractivity contribution in [2.24, 2.45) is 0 Å². The minimum atomic E-state index is -0.865. The molecule has 0 aromatic heterocycles. The molecule has 3 rings (SSSR count). The molecule has 7 heteroatoms. The van der Waals surface area contributed by atoms with Gasteiger partial charge in [0.05, 0.1) is 0 Å². The third kappa shape index (κ3) is 6.70. The third-order valence-corrected chi connectivity index (χ3v) is 6.90. The number of anilines is 1. The molecule has 0 heterocycles. The number of nitrogens with zero attached hydrogens (tertiary/aromatic N) is 1. The van der Waals surface area contributed by atoms with E-state index in [4.69, 9.17) is 4.74 Å². The Bertz CT molecular complexity index is 1120. The van der Waals surface area contributed by atoms with E-state index in [-0.39, 0.29) is 17.9 Å². The Kier molecular flexibility index (Phi) is 8.67. The maximum absolute atomic E-state index is 14.1. The van der Waals surface area contributed by atoms with Crippen LogP contribution in [0.4, 0.5) is 10.5 Å². The molecule has 0 radical (unpaired) electrons. The van der Waals surface area contributed by atoms with Gasteiger partial charge in [0, 0.05) is 11.7 Å². The van der Waals surface area contributed by atoms with E-state index in [0.29, 0.717) is 0 Å². The van der Waals surface area contributed by atoms with Crippen LogP contribution < -0.4 is 10.6 Å². The van der Waals surface area contributed by atoms with E-state index in [1.807, 2.05) is 64.1 Å². The van der Waals surface area contributed by atoms with E-state index >= 15 is 0 Å². The number of carbonyl (C=O) groups is 3. The summed E-state index contributed by atoms with van der Waals surface area (Å²) >= 11 is 0. The minimum absolute atomic E-state index is 0.0943. The average molecular weight is 508 g/mol. The second-order valence-corrected chi connectivity index (χ2v) is 11.2. The van der Waals surface area contributed by atoms with Crippen molar-refractivity contribution in [1.29, 1.82) is 0 Å². The molecule has 2 aromatic carbocycles. The maximum atomic E-state index is 14.1. The first-order valence-corrected chi connectivity index (χ1v) is 13.0. The summed E-state index contributed by atoms with van der Waals surface area (Å²) in [6.07, 6.45) is 1.94.